The van der Waals surface area contributed by atoms with Crippen LogP contribution in [0, 0.1) is 0 Å². The number of hydrogen-bond acceptors (Lipinski definition) is 7. The van der Waals surface area contributed by atoms with Crippen molar-refractivity contribution in [2.24, 2.45) is 0 Å². The van der Waals surface area contributed by atoms with E-state index in [1.165, 1.54) is 35.9 Å². The van der Waals surface area contributed by atoms with Gasteiger partial charge in [-0.15, -0.1) is 20.4 Å². The molecule has 1 amide bonds. The van der Waals surface area contributed by atoms with E-state index < -0.39 is 0 Å². The molecular weight excluding hydrogens is 308 g/mol. The quantitative estimate of drug-likeness (QED) is 0.785. The summed E-state index contributed by atoms with van der Waals surface area (Å²) in [5, 5.41) is 20.1. The maximum atomic E-state index is 11.9. The van der Waals surface area contributed by atoms with Crippen LogP contribution in [0.15, 0.2) is 10.7 Å². The van der Waals surface area contributed by atoms with Crippen molar-refractivity contribution in [2.45, 2.75) is 43.8 Å². The van der Waals surface area contributed by atoms with Gasteiger partial charge in [-0.25, -0.2) is 0 Å². The second kappa shape index (κ2) is 6.52. The molecule has 0 bridgehead atoms. The minimum absolute atomic E-state index is 0.101. The summed E-state index contributed by atoms with van der Waals surface area (Å²) >= 11 is 2.72. The number of rotatable bonds is 7. The van der Waals surface area contributed by atoms with Gasteiger partial charge in [0, 0.05) is 12.5 Å². The Labute approximate surface area is 130 Å². The summed E-state index contributed by atoms with van der Waals surface area (Å²) in [6.07, 6.45) is 3.43. The molecule has 2 aromatic heterocycles. The van der Waals surface area contributed by atoms with Crippen LogP contribution in [0.5, 0.6) is 0 Å². The van der Waals surface area contributed by atoms with Gasteiger partial charge in [0.05, 0.1) is 5.75 Å². The highest BCUT2D eigenvalue weighted by molar-refractivity contribution is 7.99. The van der Waals surface area contributed by atoms with Crippen LogP contribution in [0.3, 0.4) is 0 Å². The third-order valence-corrected chi connectivity index (χ3v) is 4.65. The Bertz CT molecular complexity index is 607. The standard InChI is InChI=1S/C12H16N6OS2/c1-2-5-18-10(8-3-4-8)15-17-12(18)20-6-9(19)14-11-16-13-7-21-11/h7-8H,2-6H2,1H3,(H,14,16,19). The van der Waals surface area contributed by atoms with Crippen LogP contribution in [0.2, 0.25) is 0 Å². The van der Waals surface area contributed by atoms with Crippen molar-refractivity contribution in [3.8, 4) is 0 Å². The van der Waals surface area contributed by atoms with Crippen molar-refractivity contribution in [1.82, 2.24) is 25.0 Å². The number of carbonyl (C=O) groups excluding carboxylic acids is 1. The van der Waals surface area contributed by atoms with E-state index in [1.807, 2.05) is 0 Å². The Balaban J connectivity index is 1.60. The smallest absolute Gasteiger partial charge is 0.236 e. The number of amides is 1. The topological polar surface area (TPSA) is 85.6 Å². The normalized spacial score (nSPS) is 14.3. The molecule has 7 nitrogen and oxygen atoms in total. The summed E-state index contributed by atoms with van der Waals surface area (Å²) < 4.78 is 2.15. The number of nitrogens with one attached hydrogen (secondary N) is 1. The fourth-order valence-electron chi connectivity index (χ4n) is 2.00. The molecule has 1 saturated carbocycles. The number of nitrogens with zero attached hydrogens (tertiary/aromatic N) is 5. The zero-order chi connectivity index (χ0) is 14.7. The van der Waals surface area contributed by atoms with Crippen LogP contribution in [0.4, 0.5) is 5.13 Å². The predicted octanol–water partition coefficient (Wildman–Crippen LogP) is 2.15. The number of hydrogen-bond donors (Lipinski definition) is 1. The molecule has 1 aliphatic rings. The molecule has 1 aliphatic carbocycles. The number of carbonyl (C=O) groups is 1. The lowest BCUT2D eigenvalue weighted by Gasteiger charge is -2.07. The monoisotopic (exact) mass is 324 g/mol. The van der Waals surface area contributed by atoms with Crippen LogP contribution >= 0.6 is 23.1 Å². The van der Waals surface area contributed by atoms with Gasteiger partial charge in [0.15, 0.2) is 5.16 Å². The molecule has 1 fully saturated rings. The Morgan fingerprint density at radius 1 is 1.48 bits per heavy atom. The summed E-state index contributed by atoms with van der Waals surface area (Å²) in [7, 11) is 0. The molecule has 2 heterocycles. The zero-order valence-corrected chi connectivity index (χ0v) is 13.3. The first-order valence-corrected chi connectivity index (χ1v) is 8.76. The molecule has 3 rings (SSSR count). The van der Waals surface area contributed by atoms with Gasteiger partial charge in [0.25, 0.3) is 0 Å². The summed E-state index contributed by atoms with van der Waals surface area (Å²) in [6, 6.07) is 0. The summed E-state index contributed by atoms with van der Waals surface area (Å²) in [5.74, 6) is 1.83. The molecule has 0 aromatic carbocycles. The minimum atomic E-state index is -0.101. The van der Waals surface area contributed by atoms with Gasteiger partial charge in [-0.2, -0.15) is 0 Å². The SMILES string of the molecule is CCCn1c(SCC(=O)Nc2nncs2)nnc1C1CC1. The summed E-state index contributed by atoms with van der Waals surface area (Å²) in [4.78, 5) is 11.9. The first-order valence-electron chi connectivity index (χ1n) is 6.90. The van der Waals surface area contributed by atoms with Crippen LogP contribution < -0.4 is 5.32 Å². The lowest BCUT2D eigenvalue weighted by Crippen LogP contribution is -2.14. The van der Waals surface area contributed by atoms with E-state index in [2.05, 4.69) is 37.2 Å². The lowest BCUT2D eigenvalue weighted by atomic mass is 10.4. The number of anilines is 1. The molecule has 0 radical (unpaired) electrons. The van der Waals surface area contributed by atoms with Crippen molar-refractivity contribution in [1.29, 1.82) is 0 Å². The molecule has 0 saturated heterocycles. The van der Waals surface area contributed by atoms with E-state index >= 15 is 0 Å². The van der Waals surface area contributed by atoms with E-state index in [0.29, 0.717) is 16.8 Å². The van der Waals surface area contributed by atoms with Crippen molar-refractivity contribution < 1.29 is 4.79 Å². The Morgan fingerprint density at radius 2 is 2.33 bits per heavy atom. The Hall–Kier alpha value is -1.48. The van der Waals surface area contributed by atoms with E-state index in [0.717, 1.165) is 23.9 Å². The summed E-state index contributed by atoms with van der Waals surface area (Å²) in [6.45, 7) is 3.03. The number of thioether (sulfide) groups is 1. The highest BCUT2D eigenvalue weighted by Crippen LogP contribution is 2.40. The van der Waals surface area contributed by atoms with Gasteiger partial charge in [-0.3, -0.25) is 10.1 Å². The van der Waals surface area contributed by atoms with Gasteiger partial charge in [-0.05, 0) is 19.3 Å². The fraction of sp³-hybridized carbons (Fsp3) is 0.583. The van der Waals surface area contributed by atoms with E-state index in [9.17, 15) is 4.79 Å². The molecular formula is C12H16N6OS2. The third kappa shape index (κ3) is 3.59. The second-order valence-corrected chi connectivity index (χ2v) is 6.62. The molecule has 0 unspecified atom stereocenters. The molecule has 0 aliphatic heterocycles. The predicted molar refractivity (Wildman–Crippen MR) is 81.6 cm³/mol. The van der Waals surface area contributed by atoms with Crippen LogP contribution in [0.25, 0.3) is 0 Å². The largest absolute Gasteiger partial charge is 0.306 e. The van der Waals surface area contributed by atoms with Crippen LogP contribution in [-0.4, -0.2) is 36.6 Å². The molecule has 1 N–H and O–H groups in total. The molecule has 9 heteroatoms. The van der Waals surface area contributed by atoms with Gasteiger partial charge in [0.1, 0.15) is 11.3 Å². The van der Waals surface area contributed by atoms with Gasteiger partial charge in [-0.1, -0.05) is 30.0 Å². The Morgan fingerprint density at radius 3 is 3.00 bits per heavy atom. The van der Waals surface area contributed by atoms with Crippen molar-refractivity contribution >= 4 is 34.1 Å². The highest BCUT2D eigenvalue weighted by atomic mass is 32.2. The van der Waals surface area contributed by atoms with Crippen molar-refractivity contribution in [3.05, 3.63) is 11.3 Å². The van der Waals surface area contributed by atoms with Crippen LogP contribution in [-0.2, 0) is 11.3 Å². The molecule has 112 valence electrons. The first-order chi connectivity index (χ1) is 10.3. The zero-order valence-electron chi connectivity index (χ0n) is 11.7. The molecule has 0 spiro atoms. The maximum absolute atomic E-state index is 11.9. The molecule has 0 atom stereocenters. The highest BCUT2D eigenvalue weighted by Gasteiger charge is 2.30. The molecule has 21 heavy (non-hydrogen) atoms. The maximum Gasteiger partial charge on any atom is 0.236 e. The third-order valence-electron chi connectivity index (χ3n) is 3.07. The van der Waals surface area contributed by atoms with Gasteiger partial charge < -0.3 is 4.57 Å². The van der Waals surface area contributed by atoms with Crippen molar-refractivity contribution in [2.75, 3.05) is 11.1 Å². The minimum Gasteiger partial charge on any atom is -0.306 e. The van der Waals surface area contributed by atoms with Crippen LogP contribution in [0.1, 0.15) is 37.9 Å². The van der Waals surface area contributed by atoms with E-state index in [-0.39, 0.29) is 5.91 Å². The second-order valence-electron chi connectivity index (χ2n) is 4.85. The average molecular weight is 324 g/mol. The summed E-state index contributed by atoms with van der Waals surface area (Å²) in [5.41, 5.74) is 1.59. The van der Waals surface area contributed by atoms with E-state index in [1.54, 1.807) is 5.51 Å². The molecule has 2 aromatic rings. The van der Waals surface area contributed by atoms with Gasteiger partial charge >= 0.3 is 0 Å². The number of aromatic nitrogens is 5. The van der Waals surface area contributed by atoms with Gasteiger partial charge in [0.2, 0.25) is 11.0 Å². The van der Waals surface area contributed by atoms with Crippen molar-refractivity contribution in [3.63, 3.8) is 0 Å². The lowest BCUT2D eigenvalue weighted by molar-refractivity contribution is -0.113. The van der Waals surface area contributed by atoms with E-state index in [4.69, 9.17) is 0 Å². The first kappa shape index (κ1) is 14.5. The Kier molecular flexibility index (Phi) is 4.49. The average Bonchev–Trinajstić information content (AvgIpc) is 3.04. The fourth-order valence-corrected chi connectivity index (χ4v) is 3.23.